The number of aryl methyl sites for hydroxylation is 3. The Labute approximate surface area is 194 Å². The summed E-state index contributed by atoms with van der Waals surface area (Å²) in [6.07, 6.45) is 0.998. The smallest absolute Gasteiger partial charge is 0.234 e. The van der Waals surface area contributed by atoms with Gasteiger partial charge in [0.2, 0.25) is 5.91 Å². The largest absolute Gasteiger partial charge is 0.486 e. The number of hydrogen-bond donors (Lipinski definition) is 1. The number of anilines is 1. The van der Waals surface area contributed by atoms with Crippen LogP contribution in [-0.2, 0) is 17.9 Å². The van der Waals surface area contributed by atoms with Gasteiger partial charge < -0.3 is 14.6 Å². The molecule has 170 valence electrons. The predicted octanol–water partition coefficient (Wildman–Crippen LogP) is 5.56. The highest BCUT2D eigenvalue weighted by Gasteiger charge is 2.16. The number of hydrogen-bond acceptors (Lipinski definition) is 5. The van der Waals surface area contributed by atoms with Gasteiger partial charge in [-0.2, -0.15) is 0 Å². The molecule has 0 spiro atoms. The Kier molecular flexibility index (Phi) is 8.33. The van der Waals surface area contributed by atoms with Crippen molar-refractivity contribution in [1.29, 1.82) is 0 Å². The number of para-hydroxylation sites is 1. The molecule has 1 N–H and O–H groups in total. The zero-order valence-electron chi connectivity index (χ0n) is 19.5. The number of amides is 1. The molecule has 2 aromatic carbocycles. The Bertz CT molecular complexity index is 1020. The van der Waals surface area contributed by atoms with Crippen LogP contribution in [-0.4, -0.2) is 26.4 Å². The van der Waals surface area contributed by atoms with E-state index >= 15 is 0 Å². The van der Waals surface area contributed by atoms with Crippen LogP contribution in [0.4, 0.5) is 5.69 Å². The second-order valence-corrected chi connectivity index (χ2v) is 9.39. The fourth-order valence-corrected chi connectivity index (χ4v) is 4.28. The molecule has 1 amide bonds. The Hall–Kier alpha value is -2.80. The molecular formula is C25H32N4O2S. The van der Waals surface area contributed by atoms with Crippen LogP contribution in [0.1, 0.15) is 42.8 Å². The fraction of sp³-hybridized carbons (Fsp3) is 0.400. The van der Waals surface area contributed by atoms with E-state index in [1.807, 2.05) is 44.2 Å². The number of nitrogens with zero attached hydrogens (tertiary/aromatic N) is 3. The van der Waals surface area contributed by atoms with E-state index in [-0.39, 0.29) is 11.7 Å². The van der Waals surface area contributed by atoms with Crippen molar-refractivity contribution in [2.45, 2.75) is 59.3 Å². The highest BCUT2D eigenvalue weighted by molar-refractivity contribution is 7.99. The lowest BCUT2D eigenvalue weighted by Crippen LogP contribution is -2.17. The quantitative estimate of drug-likeness (QED) is 0.408. The van der Waals surface area contributed by atoms with Crippen molar-refractivity contribution in [2.75, 3.05) is 11.1 Å². The van der Waals surface area contributed by atoms with E-state index in [1.165, 1.54) is 17.3 Å². The first-order chi connectivity index (χ1) is 15.3. The molecule has 0 saturated carbocycles. The van der Waals surface area contributed by atoms with Crippen LogP contribution in [0, 0.1) is 26.7 Å². The fourth-order valence-electron chi connectivity index (χ4n) is 3.49. The summed E-state index contributed by atoms with van der Waals surface area (Å²) in [7, 11) is 0. The summed E-state index contributed by atoms with van der Waals surface area (Å²) in [6, 6.07) is 13.8. The van der Waals surface area contributed by atoms with Crippen LogP contribution in [0.2, 0.25) is 0 Å². The van der Waals surface area contributed by atoms with Gasteiger partial charge in [0.15, 0.2) is 11.0 Å². The molecule has 0 radical (unpaired) electrons. The summed E-state index contributed by atoms with van der Waals surface area (Å²) >= 11 is 1.41. The van der Waals surface area contributed by atoms with Crippen molar-refractivity contribution in [3.63, 3.8) is 0 Å². The molecule has 0 aliphatic rings. The highest BCUT2D eigenvalue weighted by atomic mass is 32.2. The molecule has 0 fully saturated rings. The van der Waals surface area contributed by atoms with Crippen LogP contribution in [0.5, 0.6) is 5.75 Å². The van der Waals surface area contributed by atoms with Crippen molar-refractivity contribution < 1.29 is 9.53 Å². The molecule has 1 aromatic heterocycles. The van der Waals surface area contributed by atoms with Crippen molar-refractivity contribution in [3.05, 3.63) is 65.0 Å². The zero-order valence-corrected chi connectivity index (χ0v) is 20.3. The molecule has 0 saturated heterocycles. The first-order valence-corrected chi connectivity index (χ1v) is 11.9. The molecule has 1 heterocycles. The third-order valence-corrected chi connectivity index (χ3v) is 6.08. The molecule has 3 aromatic rings. The minimum atomic E-state index is -0.0504. The van der Waals surface area contributed by atoms with Gasteiger partial charge in [0, 0.05) is 12.2 Å². The second-order valence-electron chi connectivity index (χ2n) is 8.45. The second kappa shape index (κ2) is 11.2. The molecule has 32 heavy (non-hydrogen) atoms. The number of rotatable bonds is 10. The average Bonchev–Trinajstić information content (AvgIpc) is 3.14. The molecule has 0 unspecified atom stereocenters. The summed E-state index contributed by atoms with van der Waals surface area (Å²) in [4.78, 5) is 12.7. The molecule has 3 rings (SSSR count). The van der Waals surface area contributed by atoms with E-state index in [1.54, 1.807) is 0 Å². The van der Waals surface area contributed by atoms with Gasteiger partial charge in [0.1, 0.15) is 12.4 Å². The van der Waals surface area contributed by atoms with Crippen molar-refractivity contribution in [1.82, 2.24) is 14.8 Å². The average molecular weight is 453 g/mol. The van der Waals surface area contributed by atoms with Gasteiger partial charge in [-0.3, -0.25) is 4.79 Å². The van der Waals surface area contributed by atoms with E-state index < -0.39 is 0 Å². The van der Waals surface area contributed by atoms with E-state index in [0.29, 0.717) is 12.5 Å². The van der Waals surface area contributed by atoms with Crippen molar-refractivity contribution >= 4 is 23.4 Å². The number of ether oxygens (including phenoxy) is 1. The van der Waals surface area contributed by atoms with Gasteiger partial charge in [0.25, 0.3) is 0 Å². The van der Waals surface area contributed by atoms with Gasteiger partial charge >= 0.3 is 0 Å². The first-order valence-electron chi connectivity index (χ1n) is 10.9. The maximum absolute atomic E-state index is 12.7. The molecule has 0 aliphatic carbocycles. The zero-order chi connectivity index (χ0) is 23.1. The van der Waals surface area contributed by atoms with E-state index in [4.69, 9.17) is 4.74 Å². The minimum absolute atomic E-state index is 0.0504. The van der Waals surface area contributed by atoms with Crippen molar-refractivity contribution in [2.24, 2.45) is 5.92 Å². The summed E-state index contributed by atoms with van der Waals surface area (Å²) in [5, 5.41) is 12.5. The SMILES string of the molecule is Cc1cc(C)c(NC(=O)CSc2nnc(COc3ccccc3)n2CCC(C)C)c(C)c1. The van der Waals surface area contributed by atoms with E-state index in [0.717, 1.165) is 46.5 Å². The molecule has 0 bridgehead atoms. The van der Waals surface area contributed by atoms with Gasteiger partial charge in [0.05, 0.1) is 5.75 Å². The molecule has 7 heteroatoms. The molecule has 0 aliphatic heterocycles. The summed E-state index contributed by atoms with van der Waals surface area (Å²) in [6.45, 7) is 11.6. The molecular weight excluding hydrogens is 420 g/mol. The third kappa shape index (κ3) is 6.60. The monoisotopic (exact) mass is 452 g/mol. The normalized spacial score (nSPS) is 11.1. The van der Waals surface area contributed by atoms with Gasteiger partial charge in [-0.05, 0) is 56.4 Å². The Morgan fingerprint density at radius 3 is 2.44 bits per heavy atom. The predicted molar refractivity (Wildman–Crippen MR) is 130 cm³/mol. The maximum Gasteiger partial charge on any atom is 0.234 e. The van der Waals surface area contributed by atoms with Crippen LogP contribution < -0.4 is 10.1 Å². The van der Waals surface area contributed by atoms with Crippen LogP contribution in [0.25, 0.3) is 0 Å². The lowest BCUT2D eigenvalue weighted by atomic mass is 10.1. The van der Waals surface area contributed by atoms with Gasteiger partial charge in [-0.1, -0.05) is 61.5 Å². The standard InChI is InChI=1S/C25H32N4O2S/c1-17(2)11-12-29-22(15-31-21-9-7-6-8-10-21)27-28-25(29)32-16-23(30)26-24-19(4)13-18(3)14-20(24)5/h6-10,13-14,17H,11-12,15-16H2,1-5H3,(H,26,30). The lowest BCUT2D eigenvalue weighted by molar-refractivity contribution is -0.113. The number of aromatic nitrogens is 3. The van der Waals surface area contributed by atoms with Gasteiger partial charge in [-0.15, -0.1) is 10.2 Å². The highest BCUT2D eigenvalue weighted by Crippen LogP contribution is 2.24. The maximum atomic E-state index is 12.7. The van der Waals surface area contributed by atoms with Crippen LogP contribution in [0.15, 0.2) is 47.6 Å². The number of thioether (sulfide) groups is 1. The number of carbonyl (C=O) groups is 1. The lowest BCUT2D eigenvalue weighted by Gasteiger charge is -2.14. The minimum Gasteiger partial charge on any atom is -0.486 e. The van der Waals surface area contributed by atoms with E-state index in [9.17, 15) is 4.79 Å². The number of carbonyl (C=O) groups excluding carboxylic acids is 1. The van der Waals surface area contributed by atoms with Crippen molar-refractivity contribution in [3.8, 4) is 5.75 Å². The third-order valence-electron chi connectivity index (χ3n) is 5.11. The summed E-state index contributed by atoms with van der Waals surface area (Å²) < 4.78 is 7.95. The Morgan fingerprint density at radius 2 is 1.78 bits per heavy atom. The number of nitrogens with one attached hydrogen (secondary N) is 1. The molecule has 6 nitrogen and oxygen atoms in total. The molecule has 0 atom stereocenters. The summed E-state index contributed by atoms with van der Waals surface area (Å²) in [5.74, 6) is 2.33. The summed E-state index contributed by atoms with van der Waals surface area (Å²) in [5.41, 5.74) is 4.22. The first kappa shape index (κ1) is 23.9. The van der Waals surface area contributed by atoms with Gasteiger partial charge in [-0.25, -0.2) is 0 Å². The van der Waals surface area contributed by atoms with E-state index in [2.05, 4.69) is 53.0 Å². The Morgan fingerprint density at radius 1 is 1.09 bits per heavy atom. The van der Waals surface area contributed by atoms with Crippen LogP contribution in [0.3, 0.4) is 0 Å². The number of benzene rings is 2. The topological polar surface area (TPSA) is 69.0 Å². The Balaban J connectivity index is 1.67. The van der Waals surface area contributed by atoms with Crippen LogP contribution >= 0.6 is 11.8 Å².